The molecule has 0 spiro atoms. The molecule has 2 aromatic carbocycles. The summed E-state index contributed by atoms with van der Waals surface area (Å²) in [6.45, 7) is 1.23. The lowest BCUT2D eigenvalue weighted by Gasteiger charge is -2.14. The molecule has 3 rings (SSSR count). The second-order valence-corrected chi connectivity index (χ2v) is 5.07. The first-order valence-corrected chi connectivity index (χ1v) is 6.52. The van der Waals surface area contributed by atoms with Gasteiger partial charge in [-0.2, -0.15) is 0 Å². The van der Waals surface area contributed by atoms with Crippen molar-refractivity contribution in [3.63, 3.8) is 0 Å². The van der Waals surface area contributed by atoms with Gasteiger partial charge in [0.25, 0.3) is 0 Å². The molecule has 4 heteroatoms. The van der Waals surface area contributed by atoms with E-state index in [-0.39, 0.29) is 6.04 Å². The Morgan fingerprint density at radius 3 is 2.65 bits per heavy atom. The van der Waals surface area contributed by atoms with Gasteiger partial charge in [-0.25, -0.2) is 8.78 Å². The zero-order chi connectivity index (χ0) is 14.1. The molecule has 0 saturated carbocycles. The number of fused-ring (bicyclic) bond motifs is 1. The normalized spacial score (nSPS) is 15.2. The zero-order valence-electron chi connectivity index (χ0n) is 10.9. The van der Waals surface area contributed by atoms with Gasteiger partial charge in [0.2, 0.25) is 0 Å². The highest BCUT2D eigenvalue weighted by atomic mass is 19.1. The molecule has 0 amide bonds. The van der Waals surface area contributed by atoms with E-state index in [1.165, 1.54) is 17.7 Å². The molecule has 1 aliphatic heterocycles. The van der Waals surface area contributed by atoms with Crippen LogP contribution in [0, 0.1) is 11.6 Å². The van der Waals surface area contributed by atoms with Crippen molar-refractivity contribution in [1.29, 1.82) is 0 Å². The Bertz CT molecular complexity index is 642. The summed E-state index contributed by atoms with van der Waals surface area (Å²) in [5.74, 6) is -1.13. The Kier molecular flexibility index (Phi) is 3.51. The van der Waals surface area contributed by atoms with Crippen LogP contribution in [0.2, 0.25) is 0 Å². The van der Waals surface area contributed by atoms with E-state index < -0.39 is 11.6 Å². The molecule has 2 nitrogen and oxygen atoms in total. The molecule has 0 fully saturated rings. The number of benzene rings is 2. The minimum atomic E-state index is -0.575. The smallest absolute Gasteiger partial charge is 0.129 e. The van der Waals surface area contributed by atoms with E-state index in [0.29, 0.717) is 25.2 Å². The molecule has 104 valence electrons. The summed E-state index contributed by atoms with van der Waals surface area (Å²) in [7, 11) is 0. The van der Waals surface area contributed by atoms with E-state index in [1.807, 2.05) is 18.2 Å². The molecular formula is C16H15F2NO. The highest BCUT2D eigenvalue weighted by molar-refractivity contribution is 5.35. The van der Waals surface area contributed by atoms with Crippen LogP contribution in [-0.4, -0.2) is 0 Å². The third-order valence-electron chi connectivity index (χ3n) is 3.63. The predicted molar refractivity (Wildman–Crippen MR) is 71.9 cm³/mol. The summed E-state index contributed by atoms with van der Waals surface area (Å²) in [5.41, 5.74) is 9.81. The van der Waals surface area contributed by atoms with Crippen molar-refractivity contribution < 1.29 is 13.5 Å². The fourth-order valence-corrected chi connectivity index (χ4v) is 2.46. The summed E-state index contributed by atoms with van der Waals surface area (Å²) in [6, 6.07) is 9.22. The van der Waals surface area contributed by atoms with Crippen LogP contribution >= 0.6 is 0 Å². The van der Waals surface area contributed by atoms with Gasteiger partial charge < -0.3 is 10.5 Å². The molecule has 0 bridgehead atoms. The van der Waals surface area contributed by atoms with Gasteiger partial charge in [-0.1, -0.05) is 24.3 Å². The molecule has 1 heterocycles. The summed E-state index contributed by atoms with van der Waals surface area (Å²) in [4.78, 5) is 0. The average molecular weight is 275 g/mol. The average Bonchev–Trinajstić information content (AvgIpc) is 2.89. The molecule has 0 radical (unpaired) electrons. The van der Waals surface area contributed by atoms with E-state index >= 15 is 0 Å². The Morgan fingerprint density at radius 2 is 1.85 bits per heavy atom. The molecule has 1 atom stereocenters. The van der Waals surface area contributed by atoms with E-state index in [4.69, 9.17) is 10.5 Å². The monoisotopic (exact) mass is 275 g/mol. The van der Waals surface area contributed by atoms with Crippen molar-refractivity contribution in [2.45, 2.75) is 25.7 Å². The molecular weight excluding hydrogens is 260 g/mol. The van der Waals surface area contributed by atoms with Gasteiger partial charge in [-0.3, -0.25) is 0 Å². The van der Waals surface area contributed by atoms with Crippen molar-refractivity contribution in [1.82, 2.24) is 0 Å². The van der Waals surface area contributed by atoms with Gasteiger partial charge in [0.05, 0.1) is 13.2 Å². The topological polar surface area (TPSA) is 35.2 Å². The van der Waals surface area contributed by atoms with Crippen molar-refractivity contribution in [3.8, 4) is 0 Å². The van der Waals surface area contributed by atoms with Crippen LogP contribution in [0.1, 0.15) is 28.3 Å². The fourth-order valence-electron chi connectivity index (χ4n) is 2.46. The van der Waals surface area contributed by atoms with Crippen LogP contribution in [0.15, 0.2) is 36.4 Å². The van der Waals surface area contributed by atoms with Gasteiger partial charge in [-0.15, -0.1) is 0 Å². The third-order valence-corrected chi connectivity index (χ3v) is 3.63. The SMILES string of the molecule is NC(Cc1ccc(F)cc1F)c1ccc2c(c1)COC2. The lowest BCUT2D eigenvalue weighted by Crippen LogP contribution is -2.14. The minimum Gasteiger partial charge on any atom is -0.372 e. The lowest BCUT2D eigenvalue weighted by atomic mass is 9.96. The number of ether oxygens (including phenoxy) is 1. The van der Waals surface area contributed by atoms with Gasteiger partial charge in [0.15, 0.2) is 0 Å². The lowest BCUT2D eigenvalue weighted by molar-refractivity contribution is 0.134. The Balaban J connectivity index is 1.80. The Hall–Kier alpha value is -1.78. The predicted octanol–water partition coefficient (Wildman–Crippen LogP) is 3.24. The number of hydrogen-bond acceptors (Lipinski definition) is 2. The van der Waals surface area contributed by atoms with Gasteiger partial charge in [0, 0.05) is 12.1 Å². The minimum absolute atomic E-state index is 0.319. The molecule has 0 aromatic heterocycles. The van der Waals surface area contributed by atoms with Crippen LogP contribution < -0.4 is 5.73 Å². The first-order chi connectivity index (χ1) is 9.63. The summed E-state index contributed by atoms with van der Waals surface area (Å²) in [6.07, 6.45) is 0.339. The number of hydrogen-bond donors (Lipinski definition) is 1. The first-order valence-electron chi connectivity index (χ1n) is 6.52. The van der Waals surface area contributed by atoms with E-state index in [9.17, 15) is 8.78 Å². The maximum atomic E-state index is 13.6. The maximum Gasteiger partial charge on any atom is 0.129 e. The fraction of sp³-hybridized carbons (Fsp3) is 0.250. The largest absolute Gasteiger partial charge is 0.372 e. The van der Waals surface area contributed by atoms with Crippen LogP contribution in [0.3, 0.4) is 0 Å². The molecule has 2 N–H and O–H groups in total. The molecule has 1 unspecified atom stereocenters. The Morgan fingerprint density at radius 1 is 1.05 bits per heavy atom. The van der Waals surface area contributed by atoms with Crippen LogP contribution in [-0.2, 0) is 24.4 Å². The number of rotatable bonds is 3. The van der Waals surface area contributed by atoms with E-state index in [0.717, 1.165) is 17.2 Å². The Labute approximate surface area is 116 Å². The molecule has 0 aliphatic carbocycles. The number of halogens is 2. The molecule has 2 aromatic rings. The molecule has 20 heavy (non-hydrogen) atoms. The first kappa shape index (κ1) is 13.2. The van der Waals surface area contributed by atoms with Crippen molar-refractivity contribution in [2.75, 3.05) is 0 Å². The van der Waals surface area contributed by atoms with Crippen molar-refractivity contribution in [3.05, 3.63) is 70.3 Å². The molecule has 1 aliphatic rings. The second kappa shape index (κ2) is 5.31. The van der Waals surface area contributed by atoms with Crippen molar-refractivity contribution in [2.24, 2.45) is 5.73 Å². The standard InChI is InChI=1S/C16H15F2NO/c17-14-4-3-10(15(18)7-14)6-16(19)11-1-2-12-8-20-9-13(12)5-11/h1-5,7,16H,6,8-9,19H2. The van der Waals surface area contributed by atoms with Gasteiger partial charge in [-0.05, 0) is 34.7 Å². The van der Waals surface area contributed by atoms with Crippen LogP contribution in [0.5, 0.6) is 0 Å². The number of nitrogens with two attached hydrogens (primary N) is 1. The highest BCUT2D eigenvalue weighted by Gasteiger charge is 2.15. The van der Waals surface area contributed by atoms with Gasteiger partial charge >= 0.3 is 0 Å². The van der Waals surface area contributed by atoms with Gasteiger partial charge in [0.1, 0.15) is 11.6 Å². The van der Waals surface area contributed by atoms with E-state index in [2.05, 4.69) is 0 Å². The van der Waals surface area contributed by atoms with Crippen LogP contribution in [0.25, 0.3) is 0 Å². The van der Waals surface area contributed by atoms with Crippen molar-refractivity contribution >= 4 is 0 Å². The third kappa shape index (κ3) is 2.57. The maximum absolute atomic E-state index is 13.6. The zero-order valence-corrected chi connectivity index (χ0v) is 10.9. The summed E-state index contributed by atoms with van der Waals surface area (Å²) >= 11 is 0. The highest BCUT2D eigenvalue weighted by Crippen LogP contribution is 2.25. The quantitative estimate of drug-likeness (QED) is 0.933. The molecule has 0 saturated heterocycles. The van der Waals surface area contributed by atoms with Crippen LogP contribution in [0.4, 0.5) is 8.78 Å². The van der Waals surface area contributed by atoms with E-state index in [1.54, 1.807) is 0 Å². The summed E-state index contributed by atoms with van der Waals surface area (Å²) in [5, 5.41) is 0. The second-order valence-electron chi connectivity index (χ2n) is 5.07. The summed E-state index contributed by atoms with van der Waals surface area (Å²) < 4.78 is 31.9.